The molecule has 0 atom stereocenters. The van der Waals surface area contributed by atoms with E-state index < -0.39 is 0 Å². The summed E-state index contributed by atoms with van der Waals surface area (Å²) in [6.07, 6.45) is 4.01. The summed E-state index contributed by atoms with van der Waals surface area (Å²) in [6.45, 7) is 2.59. The normalized spacial score (nSPS) is 10.7. The monoisotopic (exact) mass is 267 g/mol. The second kappa shape index (κ2) is 5.13. The van der Waals surface area contributed by atoms with E-state index in [1.54, 1.807) is 18.6 Å². The lowest BCUT2D eigenvalue weighted by Crippen LogP contribution is -1.95. The maximum absolute atomic E-state index is 10.7. The molecule has 0 unspecified atom stereocenters. The number of pyridine rings is 1. The summed E-state index contributed by atoms with van der Waals surface area (Å²) in [4.78, 5) is 19.3. The molecule has 2 heterocycles. The highest BCUT2D eigenvalue weighted by Crippen LogP contribution is 2.19. The molecule has 3 rings (SSSR count). The molecule has 3 aromatic rings. The van der Waals surface area contributed by atoms with E-state index in [1.165, 1.54) is 0 Å². The third-order valence-corrected chi connectivity index (χ3v) is 2.97. The molecule has 0 aliphatic carbocycles. The van der Waals surface area contributed by atoms with Gasteiger partial charge in [0.2, 0.25) is 0 Å². The predicted molar refractivity (Wildman–Crippen MR) is 75.4 cm³/mol. The second-order valence-electron chi connectivity index (χ2n) is 4.27. The third kappa shape index (κ3) is 2.14. The smallest absolute Gasteiger partial charge is 0.164 e. The quantitative estimate of drug-likeness (QED) is 0.682. The van der Waals surface area contributed by atoms with Crippen molar-refractivity contribution in [2.45, 2.75) is 6.92 Å². The van der Waals surface area contributed by atoms with Crippen LogP contribution in [0.3, 0.4) is 0 Å². The maximum atomic E-state index is 10.7. The van der Waals surface area contributed by atoms with Crippen molar-refractivity contribution in [3.05, 3.63) is 48.4 Å². The number of imidazole rings is 1. The lowest BCUT2D eigenvalue weighted by atomic mass is 10.3. The summed E-state index contributed by atoms with van der Waals surface area (Å²) in [5.41, 5.74) is 2.89. The van der Waals surface area contributed by atoms with Crippen molar-refractivity contribution in [3.8, 4) is 11.4 Å². The molecule has 0 radical (unpaired) electrons. The number of fused-ring (bicyclic) bond motifs is 1. The Morgan fingerprint density at radius 1 is 1.25 bits per heavy atom. The number of rotatable bonds is 4. The SMILES string of the molecule is CCOc1ccc(-n2cnc3cc(C=O)cnc32)cc1. The number of benzene rings is 1. The number of ether oxygens (including phenoxy) is 1. The van der Waals surface area contributed by atoms with Gasteiger partial charge in [-0.1, -0.05) is 0 Å². The molecule has 5 nitrogen and oxygen atoms in total. The van der Waals surface area contributed by atoms with E-state index in [1.807, 2.05) is 35.8 Å². The topological polar surface area (TPSA) is 57.0 Å². The van der Waals surface area contributed by atoms with Gasteiger partial charge >= 0.3 is 0 Å². The van der Waals surface area contributed by atoms with Crippen molar-refractivity contribution in [1.82, 2.24) is 14.5 Å². The van der Waals surface area contributed by atoms with Crippen molar-refractivity contribution in [2.75, 3.05) is 6.61 Å². The highest BCUT2D eigenvalue weighted by atomic mass is 16.5. The van der Waals surface area contributed by atoms with E-state index in [0.29, 0.717) is 17.7 Å². The molecule has 0 saturated carbocycles. The Morgan fingerprint density at radius 3 is 2.75 bits per heavy atom. The molecule has 0 spiro atoms. The van der Waals surface area contributed by atoms with Crippen LogP contribution >= 0.6 is 0 Å². The molecule has 0 fully saturated rings. The number of carbonyl (C=O) groups is 1. The van der Waals surface area contributed by atoms with Crippen molar-refractivity contribution < 1.29 is 9.53 Å². The predicted octanol–water partition coefficient (Wildman–Crippen LogP) is 2.63. The fraction of sp³-hybridized carbons (Fsp3) is 0.133. The first kappa shape index (κ1) is 12.3. The number of hydrogen-bond donors (Lipinski definition) is 0. The summed E-state index contributed by atoms with van der Waals surface area (Å²) < 4.78 is 7.29. The van der Waals surface area contributed by atoms with E-state index >= 15 is 0 Å². The number of carbonyl (C=O) groups excluding carboxylic acids is 1. The fourth-order valence-corrected chi connectivity index (χ4v) is 2.04. The second-order valence-corrected chi connectivity index (χ2v) is 4.27. The van der Waals surface area contributed by atoms with Gasteiger partial charge in [-0.05, 0) is 37.3 Å². The number of aldehydes is 1. The minimum Gasteiger partial charge on any atom is -0.494 e. The summed E-state index contributed by atoms with van der Waals surface area (Å²) in [5, 5.41) is 0. The van der Waals surface area contributed by atoms with E-state index in [-0.39, 0.29) is 0 Å². The molecular weight excluding hydrogens is 254 g/mol. The molecule has 2 aromatic heterocycles. The van der Waals surface area contributed by atoms with E-state index in [2.05, 4.69) is 9.97 Å². The first-order valence-electron chi connectivity index (χ1n) is 6.33. The molecule has 0 saturated heterocycles. The lowest BCUT2D eigenvalue weighted by Gasteiger charge is -2.06. The van der Waals surface area contributed by atoms with Gasteiger partial charge in [0.25, 0.3) is 0 Å². The van der Waals surface area contributed by atoms with Crippen molar-refractivity contribution >= 4 is 17.5 Å². The Hall–Kier alpha value is -2.69. The highest BCUT2D eigenvalue weighted by Gasteiger charge is 2.07. The zero-order valence-corrected chi connectivity index (χ0v) is 11.0. The molecule has 100 valence electrons. The molecule has 5 heteroatoms. The minimum atomic E-state index is 0.523. The van der Waals surface area contributed by atoms with Crippen LogP contribution in [0.15, 0.2) is 42.9 Å². The zero-order chi connectivity index (χ0) is 13.9. The summed E-state index contributed by atoms with van der Waals surface area (Å²) in [5.74, 6) is 0.830. The molecule has 0 bridgehead atoms. The Morgan fingerprint density at radius 2 is 2.05 bits per heavy atom. The van der Waals surface area contributed by atoms with Gasteiger partial charge in [0.15, 0.2) is 11.9 Å². The maximum Gasteiger partial charge on any atom is 0.164 e. The first-order chi connectivity index (χ1) is 9.81. The van der Waals surface area contributed by atoms with Gasteiger partial charge in [0.05, 0.1) is 6.61 Å². The third-order valence-electron chi connectivity index (χ3n) is 2.97. The molecule has 0 N–H and O–H groups in total. The van der Waals surface area contributed by atoms with Crippen molar-refractivity contribution in [1.29, 1.82) is 0 Å². The number of hydrogen-bond acceptors (Lipinski definition) is 4. The van der Waals surface area contributed by atoms with Gasteiger partial charge in [0, 0.05) is 17.4 Å². The average Bonchev–Trinajstić information content (AvgIpc) is 2.91. The van der Waals surface area contributed by atoms with Crippen LogP contribution in [0.5, 0.6) is 5.75 Å². The molecule has 0 amide bonds. The van der Waals surface area contributed by atoms with Crippen LogP contribution in [0.2, 0.25) is 0 Å². The standard InChI is InChI=1S/C15H13N3O2/c1-2-20-13-5-3-12(4-6-13)18-10-17-14-7-11(9-19)8-16-15(14)18/h3-10H,2H2,1H3. The molecule has 0 aliphatic heterocycles. The Bertz CT molecular complexity index is 747. The molecule has 0 aliphatic rings. The largest absolute Gasteiger partial charge is 0.494 e. The Kier molecular flexibility index (Phi) is 3.16. The van der Waals surface area contributed by atoms with Gasteiger partial charge in [-0.3, -0.25) is 9.36 Å². The Balaban J connectivity index is 2.03. The van der Waals surface area contributed by atoms with E-state index in [4.69, 9.17) is 4.74 Å². The van der Waals surface area contributed by atoms with Crippen LogP contribution in [-0.2, 0) is 0 Å². The van der Waals surface area contributed by atoms with Crippen molar-refractivity contribution in [3.63, 3.8) is 0 Å². The van der Waals surface area contributed by atoms with Gasteiger partial charge in [0.1, 0.15) is 17.6 Å². The van der Waals surface area contributed by atoms with Crippen LogP contribution in [0.25, 0.3) is 16.9 Å². The van der Waals surface area contributed by atoms with E-state index in [0.717, 1.165) is 23.4 Å². The number of aromatic nitrogens is 3. The minimum absolute atomic E-state index is 0.523. The fourth-order valence-electron chi connectivity index (χ4n) is 2.04. The molecule has 20 heavy (non-hydrogen) atoms. The average molecular weight is 267 g/mol. The number of nitrogens with zero attached hydrogens (tertiary/aromatic N) is 3. The first-order valence-corrected chi connectivity index (χ1v) is 6.33. The van der Waals surface area contributed by atoms with Crippen LogP contribution in [0, 0.1) is 0 Å². The zero-order valence-electron chi connectivity index (χ0n) is 11.0. The summed E-state index contributed by atoms with van der Waals surface area (Å²) >= 11 is 0. The summed E-state index contributed by atoms with van der Waals surface area (Å²) in [6, 6.07) is 9.43. The summed E-state index contributed by atoms with van der Waals surface area (Å²) in [7, 11) is 0. The van der Waals surface area contributed by atoms with Crippen LogP contribution < -0.4 is 4.74 Å². The molecular formula is C15H13N3O2. The van der Waals surface area contributed by atoms with E-state index in [9.17, 15) is 4.79 Å². The molecule has 1 aromatic carbocycles. The van der Waals surface area contributed by atoms with Gasteiger partial charge in [-0.2, -0.15) is 0 Å². The van der Waals surface area contributed by atoms with Crippen LogP contribution in [0.1, 0.15) is 17.3 Å². The van der Waals surface area contributed by atoms with Crippen LogP contribution in [0.4, 0.5) is 0 Å². The van der Waals surface area contributed by atoms with Gasteiger partial charge in [-0.25, -0.2) is 9.97 Å². The Labute approximate surface area is 115 Å². The van der Waals surface area contributed by atoms with Crippen molar-refractivity contribution in [2.24, 2.45) is 0 Å². The van der Waals surface area contributed by atoms with Gasteiger partial charge < -0.3 is 4.74 Å². The van der Waals surface area contributed by atoms with Gasteiger partial charge in [-0.15, -0.1) is 0 Å². The van der Waals surface area contributed by atoms with Crippen LogP contribution in [-0.4, -0.2) is 27.4 Å². The highest BCUT2D eigenvalue weighted by molar-refractivity contribution is 5.82. The lowest BCUT2D eigenvalue weighted by molar-refractivity contribution is 0.112.